The van der Waals surface area contributed by atoms with Crippen molar-refractivity contribution in [3.8, 4) is 0 Å². The van der Waals surface area contributed by atoms with E-state index < -0.39 is 11.8 Å². The molecule has 0 saturated carbocycles. The number of benzene rings is 2. The van der Waals surface area contributed by atoms with E-state index in [0.29, 0.717) is 16.4 Å². The first-order valence-electron chi connectivity index (χ1n) is 8.99. The molecule has 0 aliphatic rings. The molecule has 4 aromatic rings. The standard InChI is InChI=1S/C21H16ClFN4O2S/c1-12-16-10-18(20(29)25-24-19(28)15-4-2-3-5-17(15)22)30-21(16)27(26-12)11-13-6-8-14(23)9-7-13/h2-10H,11H2,1H3,(H,24,28)(H,25,29). The summed E-state index contributed by atoms with van der Waals surface area (Å²) in [6.07, 6.45) is 0. The molecule has 30 heavy (non-hydrogen) atoms. The van der Waals surface area contributed by atoms with Crippen LogP contribution >= 0.6 is 22.9 Å². The van der Waals surface area contributed by atoms with Crippen LogP contribution in [0.2, 0.25) is 5.02 Å². The maximum absolute atomic E-state index is 13.1. The molecule has 0 radical (unpaired) electrons. The third kappa shape index (κ3) is 4.05. The summed E-state index contributed by atoms with van der Waals surface area (Å²) < 4.78 is 14.9. The highest BCUT2D eigenvalue weighted by Crippen LogP contribution is 2.29. The van der Waals surface area contributed by atoms with E-state index in [1.807, 2.05) is 6.92 Å². The fourth-order valence-corrected chi connectivity index (χ4v) is 4.26. The van der Waals surface area contributed by atoms with Gasteiger partial charge < -0.3 is 0 Å². The quantitative estimate of drug-likeness (QED) is 0.462. The van der Waals surface area contributed by atoms with Crippen molar-refractivity contribution in [3.05, 3.63) is 87.1 Å². The van der Waals surface area contributed by atoms with Crippen LogP contribution in [-0.2, 0) is 6.54 Å². The number of hydrazine groups is 1. The molecule has 2 heterocycles. The minimum absolute atomic E-state index is 0.265. The second kappa shape index (κ2) is 8.25. The van der Waals surface area contributed by atoms with Crippen LogP contribution in [0.25, 0.3) is 10.2 Å². The third-order valence-electron chi connectivity index (χ3n) is 4.48. The molecule has 2 N–H and O–H groups in total. The number of rotatable bonds is 4. The van der Waals surface area contributed by atoms with Gasteiger partial charge in [0.05, 0.1) is 27.7 Å². The lowest BCUT2D eigenvalue weighted by Gasteiger charge is -2.07. The van der Waals surface area contributed by atoms with Crippen molar-refractivity contribution >= 4 is 45.0 Å². The summed E-state index contributed by atoms with van der Waals surface area (Å²) in [5.74, 6) is -1.24. The Morgan fingerprint density at radius 3 is 2.53 bits per heavy atom. The van der Waals surface area contributed by atoms with E-state index in [4.69, 9.17) is 11.6 Å². The van der Waals surface area contributed by atoms with Crippen molar-refractivity contribution in [1.82, 2.24) is 20.6 Å². The van der Waals surface area contributed by atoms with E-state index >= 15 is 0 Å². The Labute approximate surface area is 180 Å². The second-order valence-corrected chi connectivity index (χ2v) is 8.02. The molecule has 152 valence electrons. The highest BCUT2D eigenvalue weighted by Gasteiger charge is 2.18. The van der Waals surface area contributed by atoms with Crippen LogP contribution in [-0.4, -0.2) is 21.6 Å². The van der Waals surface area contributed by atoms with Crippen LogP contribution in [0.1, 0.15) is 31.3 Å². The number of halogens is 2. The highest BCUT2D eigenvalue weighted by molar-refractivity contribution is 7.20. The van der Waals surface area contributed by atoms with Crippen LogP contribution in [0.4, 0.5) is 4.39 Å². The lowest BCUT2D eigenvalue weighted by molar-refractivity contribution is 0.0849. The lowest BCUT2D eigenvalue weighted by atomic mass is 10.2. The summed E-state index contributed by atoms with van der Waals surface area (Å²) in [6, 6.07) is 14.5. The van der Waals surface area contributed by atoms with Crippen LogP contribution in [0.15, 0.2) is 54.6 Å². The van der Waals surface area contributed by atoms with E-state index in [9.17, 15) is 14.0 Å². The Kier molecular flexibility index (Phi) is 5.52. The Morgan fingerprint density at radius 2 is 1.80 bits per heavy atom. The van der Waals surface area contributed by atoms with Crippen LogP contribution in [0, 0.1) is 12.7 Å². The maximum Gasteiger partial charge on any atom is 0.279 e. The molecule has 0 aliphatic carbocycles. The molecule has 0 aliphatic heterocycles. The van der Waals surface area contributed by atoms with Crippen LogP contribution in [0.5, 0.6) is 0 Å². The number of nitrogens with zero attached hydrogens (tertiary/aromatic N) is 2. The van der Waals surface area contributed by atoms with Crippen LogP contribution < -0.4 is 10.9 Å². The molecule has 4 rings (SSSR count). The Morgan fingerprint density at radius 1 is 1.10 bits per heavy atom. The summed E-state index contributed by atoms with van der Waals surface area (Å²) >= 11 is 7.26. The van der Waals surface area contributed by atoms with Crippen molar-refractivity contribution in [3.63, 3.8) is 0 Å². The molecule has 2 aromatic carbocycles. The molecule has 0 spiro atoms. The van der Waals surface area contributed by atoms with Crippen molar-refractivity contribution in [2.24, 2.45) is 0 Å². The van der Waals surface area contributed by atoms with Gasteiger partial charge in [-0.3, -0.25) is 25.1 Å². The van der Waals surface area contributed by atoms with Gasteiger partial charge in [-0.05, 0) is 42.8 Å². The van der Waals surface area contributed by atoms with E-state index in [1.54, 1.807) is 47.1 Å². The van der Waals surface area contributed by atoms with Crippen LogP contribution in [0.3, 0.4) is 0 Å². The van der Waals surface area contributed by atoms with Gasteiger partial charge in [-0.1, -0.05) is 35.9 Å². The van der Waals surface area contributed by atoms with E-state index in [2.05, 4.69) is 16.0 Å². The van der Waals surface area contributed by atoms with Gasteiger partial charge in [-0.2, -0.15) is 5.10 Å². The minimum atomic E-state index is -0.506. The number of fused-ring (bicyclic) bond motifs is 1. The minimum Gasteiger partial charge on any atom is -0.267 e. The van der Waals surface area contributed by atoms with Crippen molar-refractivity contribution in [1.29, 1.82) is 0 Å². The summed E-state index contributed by atoms with van der Waals surface area (Å²) in [5, 5.41) is 5.65. The molecule has 6 nitrogen and oxygen atoms in total. The van der Waals surface area contributed by atoms with Gasteiger partial charge in [-0.15, -0.1) is 11.3 Å². The third-order valence-corrected chi connectivity index (χ3v) is 5.96. The van der Waals surface area contributed by atoms with Gasteiger partial charge >= 0.3 is 0 Å². The molecular weight excluding hydrogens is 427 g/mol. The summed E-state index contributed by atoms with van der Waals surface area (Å²) in [7, 11) is 0. The number of aryl methyl sites for hydroxylation is 1. The molecule has 2 amide bonds. The van der Waals surface area contributed by atoms with Crippen molar-refractivity contribution in [2.45, 2.75) is 13.5 Å². The monoisotopic (exact) mass is 442 g/mol. The Bertz CT molecular complexity index is 1250. The average Bonchev–Trinajstić information content (AvgIpc) is 3.29. The molecule has 2 aromatic heterocycles. The zero-order chi connectivity index (χ0) is 21.3. The Balaban J connectivity index is 1.50. The van der Waals surface area contributed by atoms with Crippen molar-refractivity contribution in [2.75, 3.05) is 0 Å². The number of nitrogens with one attached hydrogen (secondary N) is 2. The maximum atomic E-state index is 13.1. The first-order valence-corrected chi connectivity index (χ1v) is 10.2. The lowest BCUT2D eigenvalue weighted by Crippen LogP contribution is -2.41. The SMILES string of the molecule is Cc1nn(Cc2ccc(F)cc2)c2sc(C(=O)NNC(=O)c3ccccc3Cl)cc12. The van der Waals surface area contributed by atoms with E-state index in [0.717, 1.165) is 21.5 Å². The molecular formula is C21H16ClFN4O2S. The predicted molar refractivity (Wildman–Crippen MR) is 114 cm³/mol. The number of carbonyl (C=O) groups excluding carboxylic acids is 2. The van der Waals surface area contributed by atoms with E-state index in [-0.39, 0.29) is 11.4 Å². The second-order valence-electron chi connectivity index (χ2n) is 6.59. The number of hydrogen-bond acceptors (Lipinski definition) is 4. The number of carbonyl (C=O) groups is 2. The topological polar surface area (TPSA) is 76.0 Å². The molecule has 0 saturated heterocycles. The first kappa shape index (κ1) is 20.1. The zero-order valence-electron chi connectivity index (χ0n) is 15.8. The molecule has 0 atom stereocenters. The van der Waals surface area contributed by atoms with Gasteiger partial charge in [0, 0.05) is 5.39 Å². The average molecular weight is 443 g/mol. The van der Waals surface area contributed by atoms with E-state index in [1.165, 1.54) is 23.5 Å². The fraction of sp³-hybridized carbons (Fsp3) is 0.0952. The van der Waals surface area contributed by atoms with Gasteiger partial charge in [0.25, 0.3) is 11.8 Å². The summed E-state index contributed by atoms with van der Waals surface area (Å²) in [6.45, 7) is 2.31. The highest BCUT2D eigenvalue weighted by atomic mass is 35.5. The zero-order valence-corrected chi connectivity index (χ0v) is 17.4. The van der Waals surface area contributed by atoms with Gasteiger partial charge in [-0.25, -0.2) is 4.39 Å². The summed E-state index contributed by atoms with van der Waals surface area (Å²) in [5.41, 5.74) is 6.73. The number of amides is 2. The number of aromatic nitrogens is 2. The molecule has 0 fully saturated rings. The largest absolute Gasteiger partial charge is 0.279 e. The molecule has 0 bridgehead atoms. The Hall–Kier alpha value is -3.23. The first-order chi connectivity index (χ1) is 14.4. The smallest absolute Gasteiger partial charge is 0.267 e. The molecule has 9 heteroatoms. The fourth-order valence-electron chi connectivity index (χ4n) is 2.98. The van der Waals surface area contributed by atoms with Gasteiger partial charge in [0.2, 0.25) is 0 Å². The number of thiophene rings is 1. The summed E-state index contributed by atoms with van der Waals surface area (Å²) in [4.78, 5) is 26.0. The predicted octanol–water partition coefficient (Wildman–Crippen LogP) is 4.32. The van der Waals surface area contributed by atoms with Gasteiger partial charge in [0.1, 0.15) is 10.6 Å². The number of hydrogen-bond donors (Lipinski definition) is 2. The van der Waals surface area contributed by atoms with Gasteiger partial charge in [0.15, 0.2) is 0 Å². The normalized spacial score (nSPS) is 10.9. The van der Waals surface area contributed by atoms with Crippen molar-refractivity contribution < 1.29 is 14.0 Å². The molecule has 0 unspecified atom stereocenters.